The first kappa shape index (κ1) is 105. The maximum absolute atomic E-state index is 13.8. The van der Waals surface area contributed by atoms with Gasteiger partial charge in [0, 0.05) is 193 Å². The molecule has 13 N–H and O–H groups in total. The number of carbonyl (C=O) groups excluding carboxylic acids is 4. The first-order chi connectivity index (χ1) is 70.6. The van der Waals surface area contributed by atoms with Crippen LogP contribution in [0.4, 0.5) is 40.3 Å². The fourth-order valence-corrected chi connectivity index (χ4v) is 18.9. The van der Waals surface area contributed by atoms with E-state index < -0.39 is 49.1 Å². The number of aliphatic hydroxyl groups is 4. The largest absolute Gasteiger partial charge is 0.473 e. The van der Waals surface area contributed by atoms with Gasteiger partial charge >= 0.3 is 6.18 Å². The van der Waals surface area contributed by atoms with Crippen molar-refractivity contribution in [1.82, 2.24) is 96.3 Å². The summed E-state index contributed by atoms with van der Waals surface area (Å²) in [5.74, 6) is 0.547. The molecule has 6 atom stereocenters. The molecule has 5 fully saturated rings. The zero-order chi connectivity index (χ0) is 103. The molecular weight excluding hydrogens is 1940 g/mol. The van der Waals surface area contributed by atoms with Crippen LogP contribution < -0.4 is 55.5 Å². The van der Waals surface area contributed by atoms with Gasteiger partial charge in [-0.15, -0.1) is 10.2 Å². The number of fused-ring (bicyclic) bond motifs is 4. The van der Waals surface area contributed by atoms with E-state index in [0.29, 0.717) is 195 Å². The Morgan fingerprint density at radius 1 is 0.493 bits per heavy atom. The third-order valence-electron chi connectivity index (χ3n) is 26.2. The number of anilines is 4. The molecule has 35 nitrogen and oxygen atoms in total. The Bertz CT molecular complexity index is 6680. The first-order valence-corrected chi connectivity index (χ1v) is 49.9. The number of nitrogens with zero attached hydrogens (tertiary/aromatic N) is 16. The van der Waals surface area contributed by atoms with Crippen molar-refractivity contribution in [1.29, 1.82) is 0 Å². The van der Waals surface area contributed by atoms with Crippen molar-refractivity contribution in [3.8, 4) is 45.5 Å². The van der Waals surface area contributed by atoms with E-state index in [1.807, 2.05) is 144 Å². The lowest BCUT2D eigenvalue weighted by Gasteiger charge is -2.38. The minimum atomic E-state index is -4.55. The summed E-state index contributed by atoms with van der Waals surface area (Å²) in [5, 5.41) is 80.5. The summed E-state index contributed by atoms with van der Waals surface area (Å²) >= 11 is 18.1. The van der Waals surface area contributed by atoms with E-state index in [4.69, 9.17) is 54.7 Å². The van der Waals surface area contributed by atoms with E-state index in [-0.39, 0.29) is 79.4 Å². The molecule has 14 aromatic rings. The highest BCUT2D eigenvalue weighted by molar-refractivity contribution is 6.31. The lowest BCUT2D eigenvalue weighted by molar-refractivity contribution is -0.137. The van der Waals surface area contributed by atoms with Gasteiger partial charge in [-0.2, -0.15) is 23.4 Å². The number of hydrogen-bond donors (Lipinski definition) is 12. The summed E-state index contributed by atoms with van der Waals surface area (Å²) in [4.78, 5) is 86.3. The molecule has 0 radical (unpaired) electrons. The molecule has 0 aliphatic carbocycles. The van der Waals surface area contributed by atoms with E-state index in [2.05, 4.69) is 105 Å². The second-order valence-corrected chi connectivity index (χ2v) is 38.3. The quantitative estimate of drug-likeness (QED) is 0.0180. The molecule has 0 saturated carbocycles. The predicted molar refractivity (Wildman–Crippen MR) is 554 cm³/mol. The van der Waals surface area contributed by atoms with Crippen LogP contribution in [0, 0.1) is 5.82 Å². The zero-order valence-corrected chi connectivity index (χ0v) is 83.5. The van der Waals surface area contributed by atoms with Gasteiger partial charge in [0.25, 0.3) is 0 Å². The maximum Gasteiger partial charge on any atom is 0.419 e. The van der Waals surface area contributed by atoms with Crippen LogP contribution in [0.5, 0.6) is 23.3 Å². The number of ether oxygens (including phenoxy) is 3. The van der Waals surface area contributed by atoms with Crippen molar-refractivity contribution in [3.63, 3.8) is 0 Å². The van der Waals surface area contributed by atoms with E-state index in [0.717, 1.165) is 92.4 Å². The van der Waals surface area contributed by atoms with Gasteiger partial charge in [0.1, 0.15) is 47.8 Å². The number of H-pyrrole nitrogens is 4. The fourth-order valence-electron chi connectivity index (χ4n) is 18.6. The average molecular weight is 2060 g/mol. The number of nitrogens with two attached hydrogens (primary N) is 1. The van der Waals surface area contributed by atoms with Crippen molar-refractivity contribution in [2.24, 2.45) is 5.73 Å². The Morgan fingerprint density at radius 3 is 1.36 bits per heavy atom. The number of aliphatic hydroxyl groups excluding tert-OH is 4. The number of halogens is 7. The SMILES string of the molecule is CC(C)NC[C@@H](C(=O)N1CCN(c2c(C(F)(F)F)cnc3[nH]ncc23)CC1)c1ccc(Cl)cc1.CC(C)NC[C@@H](C(=O)N1CCN(c2c(Oc3cccc(F)c3)cnc3[nH]ncc23)CC1)c1ccc(Cl)cc1.N[C@H](Cc1ccc(Cl)cc1)C(=O)N1CCN(c2c(-c3ccccc3)cnc3[nH]nc(OC[C@H](O)CO)c23)CC1.O=C(CC1CCCN1)N1CCN(c2c(-c3ccccc3)cnc3[nH]nc(OC[C@H](O)CO)c23)CC1. The van der Waals surface area contributed by atoms with Gasteiger partial charge in [-0.3, -0.25) is 39.6 Å². The number of carbonyl (C=O) groups is 4. The average Bonchev–Trinajstić information content (AvgIpc) is 1.54. The van der Waals surface area contributed by atoms with E-state index in [9.17, 15) is 57.2 Å². The van der Waals surface area contributed by atoms with E-state index in [1.54, 1.807) is 64.8 Å². The molecule has 5 aliphatic rings. The molecule has 8 aromatic heterocycles. The van der Waals surface area contributed by atoms with Crippen LogP contribution in [-0.2, 0) is 31.8 Å². The van der Waals surface area contributed by atoms with Crippen LogP contribution in [0.3, 0.4) is 0 Å². The maximum atomic E-state index is 13.8. The van der Waals surface area contributed by atoms with Gasteiger partial charge in [0.15, 0.2) is 28.3 Å². The van der Waals surface area contributed by atoms with Crippen LogP contribution in [0.1, 0.15) is 81.0 Å². The summed E-state index contributed by atoms with van der Waals surface area (Å²) in [6.07, 6.45) is 5.77. The molecule has 13 heterocycles. The standard InChI is InChI=1S/C28H30ClFN6O2.C28H31ClN6O4.C25H32N6O4.C23H26ClF3N6O/c1-18(2)31-15-23(19-6-8-20(29)9-7-19)28(37)36-12-10-35(11-13-36)26-24-16-33-34-27(24)32-17-25(26)38-22-5-3-4-21(30)14-22;29-20-8-6-18(7-9-20)14-23(30)28(38)35-12-10-34(11-13-35)25-22(19-4-2-1-3-5-19)15-31-26-24(25)27(33-32-26)39-17-21(37)16-36;32-15-19(33)16-35-25-22-23(20(14-27-24(22)28-29-25)17-5-2-1-3-6-17)31-11-9-30(10-12-31)21(34)13-18-7-4-8-26-18;1-14(2)28-11-17(15-3-5-16(24)6-4-15)22(34)33-9-7-32(8-10-33)20-18-12-30-31-21(18)29-13-19(20)23(25,26)27/h3-9,14,16-18,23,31H,10-13,15H2,1-2H3,(H,32,33,34);1-9,15,21,23,36-37H,10-14,16-17,30H2,(H,31,32,33);1-3,5-6,14,18-19,26,32-33H,4,7-13,15-16H2,(H,27,28,29);3-6,12-14,17,28H,7-11H2,1-2H3,(H,29,30,31)/t23-;21-,23-;18?,19-;17-/m1111/s1. The summed E-state index contributed by atoms with van der Waals surface area (Å²) in [5.41, 5.74) is 16.8. The van der Waals surface area contributed by atoms with Crippen LogP contribution in [-0.4, -0.2) is 312 Å². The van der Waals surface area contributed by atoms with Crippen LogP contribution in [0.25, 0.3) is 66.4 Å². The van der Waals surface area contributed by atoms with E-state index in [1.165, 1.54) is 18.3 Å². The van der Waals surface area contributed by atoms with Gasteiger partial charge < -0.3 is 95.5 Å². The Balaban J connectivity index is 0.000000139. The second-order valence-electron chi connectivity index (χ2n) is 37.0. The normalized spacial score (nSPS) is 16.3. The van der Waals surface area contributed by atoms with Crippen LogP contribution >= 0.6 is 34.8 Å². The second kappa shape index (κ2) is 49.2. The number of hydrogen-bond acceptors (Lipinski definition) is 27. The molecule has 0 bridgehead atoms. The number of amides is 4. The third-order valence-corrected chi connectivity index (χ3v) is 27.0. The zero-order valence-electron chi connectivity index (χ0n) is 81.2. The lowest BCUT2D eigenvalue weighted by Crippen LogP contribution is -2.53. The van der Waals surface area contributed by atoms with E-state index >= 15 is 0 Å². The van der Waals surface area contributed by atoms with Crippen molar-refractivity contribution < 1.29 is 71.4 Å². The van der Waals surface area contributed by atoms with Gasteiger partial charge in [0.2, 0.25) is 35.4 Å². The van der Waals surface area contributed by atoms with Crippen molar-refractivity contribution in [3.05, 3.63) is 238 Å². The Kier molecular flexibility index (Phi) is 35.5. The molecule has 0 spiro atoms. The Labute approximate surface area is 855 Å². The molecule has 4 amide bonds. The van der Waals surface area contributed by atoms with Gasteiger partial charge in [-0.1, -0.05) is 166 Å². The molecular formula is C104H119Cl3F4N24O11. The number of alkyl halides is 3. The fraction of sp³-hybridized carbons (Fsp3) is 0.385. The molecule has 6 aromatic carbocycles. The Morgan fingerprint density at radius 2 is 0.918 bits per heavy atom. The Hall–Kier alpha value is -13.5. The molecule has 1 unspecified atom stereocenters. The van der Waals surface area contributed by atoms with Crippen molar-refractivity contribution in [2.75, 3.05) is 170 Å². The molecule has 770 valence electrons. The number of aromatic amines is 4. The summed E-state index contributed by atoms with van der Waals surface area (Å²) in [6, 6.07) is 48.1. The minimum absolute atomic E-state index is 0.0501. The summed E-state index contributed by atoms with van der Waals surface area (Å²) in [6.45, 7) is 17.4. The number of piperazine rings is 4. The topological polar surface area (TPSA) is 431 Å². The monoisotopic (exact) mass is 2060 g/mol. The molecule has 146 heavy (non-hydrogen) atoms. The molecule has 19 rings (SSSR count). The van der Waals surface area contributed by atoms with Crippen molar-refractivity contribution >= 4 is 125 Å². The molecule has 5 aliphatic heterocycles. The first-order valence-electron chi connectivity index (χ1n) is 48.8. The number of nitrogens with one attached hydrogen (secondary N) is 7. The number of aromatic nitrogens is 12. The minimum Gasteiger partial charge on any atom is -0.473 e. The lowest BCUT2D eigenvalue weighted by atomic mass is 9.96. The van der Waals surface area contributed by atoms with Gasteiger partial charge in [-0.05, 0) is 102 Å². The van der Waals surface area contributed by atoms with Gasteiger partial charge in [-0.25, -0.2) is 24.3 Å². The van der Waals surface area contributed by atoms with Crippen molar-refractivity contribution in [2.45, 2.75) is 108 Å². The highest BCUT2D eigenvalue weighted by atomic mass is 35.5. The highest BCUT2D eigenvalue weighted by Gasteiger charge is 2.41. The van der Waals surface area contributed by atoms with Crippen LogP contribution in [0.2, 0.25) is 15.1 Å². The predicted octanol–water partition coefficient (Wildman–Crippen LogP) is 12.4. The summed E-state index contributed by atoms with van der Waals surface area (Å²) in [7, 11) is 0. The number of benzene rings is 6. The smallest absolute Gasteiger partial charge is 0.419 e. The highest BCUT2D eigenvalue weighted by Crippen LogP contribution is 2.46. The van der Waals surface area contributed by atoms with Crippen LogP contribution in [0.15, 0.2) is 195 Å². The summed E-state index contributed by atoms with van der Waals surface area (Å²) < 4.78 is 72.6. The number of pyridine rings is 4. The molecule has 42 heteroatoms. The molecule has 5 saturated heterocycles. The number of rotatable bonds is 31. The third kappa shape index (κ3) is 26.1. The van der Waals surface area contributed by atoms with Gasteiger partial charge in [0.05, 0.1) is 88.8 Å².